The summed E-state index contributed by atoms with van der Waals surface area (Å²) in [4.78, 5) is 22.9. The van der Waals surface area contributed by atoms with Gasteiger partial charge in [-0.05, 0) is 18.6 Å². The van der Waals surface area contributed by atoms with Gasteiger partial charge in [0.15, 0.2) is 0 Å². The van der Waals surface area contributed by atoms with Gasteiger partial charge in [-0.25, -0.2) is 14.4 Å². The minimum absolute atomic E-state index is 0.196. The van der Waals surface area contributed by atoms with Crippen LogP contribution in [0.5, 0.6) is 0 Å². The molecule has 5 nitrogen and oxygen atoms in total. The highest BCUT2D eigenvalue weighted by Gasteiger charge is 2.15. The Morgan fingerprint density at radius 2 is 1.78 bits per heavy atom. The van der Waals surface area contributed by atoms with Gasteiger partial charge in [-0.3, -0.25) is 4.79 Å². The molecule has 0 radical (unpaired) electrons. The molecule has 0 saturated carbocycles. The van der Waals surface area contributed by atoms with Gasteiger partial charge < -0.3 is 10.2 Å². The normalized spacial score (nSPS) is 10.5. The molecule has 0 fully saturated rings. The summed E-state index contributed by atoms with van der Waals surface area (Å²) >= 11 is 0. The van der Waals surface area contributed by atoms with Crippen molar-refractivity contribution < 1.29 is 9.18 Å². The minimum Gasteiger partial charge on any atom is -0.366 e. The second kappa shape index (κ2) is 8.40. The molecule has 1 heterocycles. The zero-order valence-electron chi connectivity index (χ0n) is 15.3. The highest BCUT2D eigenvalue weighted by Crippen LogP contribution is 2.13. The van der Waals surface area contributed by atoms with Crippen LogP contribution in [0, 0.1) is 12.7 Å². The van der Waals surface area contributed by atoms with E-state index in [1.54, 1.807) is 43.1 Å². The van der Waals surface area contributed by atoms with Crippen molar-refractivity contribution in [2.75, 3.05) is 12.4 Å². The monoisotopic (exact) mass is 364 g/mol. The molecule has 1 N–H and O–H groups in total. The molecule has 3 aromatic rings. The Morgan fingerprint density at radius 3 is 2.52 bits per heavy atom. The van der Waals surface area contributed by atoms with Gasteiger partial charge >= 0.3 is 0 Å². The Labute approximate surface area is 157 Å². The predicted molar refractivity (Wildman–Crippen MR) is 103 cm³/mol. The molecular weight excluding hydrogens is 343 g/mol. The number of halogens is 1. The van der Waals surface area contributed by atoms with E-state index in [1.807, 2.05) is 30.3 Å². The number of aryl methyl sites for hydroxylation is 1. The van der Waals surface area contributed by atoms with Crippen molar-refractivity contribution in [2.24, 2.45) is 0 Å². The number of amides is 1. The van der Waals surface area contributed by atoms with Crippen LogP contribution in [0.25, 0.3) is 0 Å². The van der Waals surface area contributed by atoms with Crippen molar-refractivity contribution >= 4 is 11.7 Å². The van der Waals surface area contributed by atoms with E-state index in [1.165, 1.54) is 6.07 Å². The van der Waals surface area contributed by atoms with Gasteiger partial charge in [0.25, 0.3) is 5.91 Å². The van der Waals surface area contributed by atoms with Crippen molar-refractivity contribution in [3.8, 4) is 0 Å². The average molecular weight is 364 g/mol. The number of nitrogens with one attached hydrogen (secondary N) is 1. The van der Waals surface area contributed by atoms with E-state index >= 15 is 0 Å². The molecule has 1 amide bonds. The van der Waals surface area contributed by atoms with Crippen LogP contribution in [0.1, 0.15) is 27.4 Å². The summed E-state index contributed by atoms with van der Waals surface area (Å²) in [6.07, 6.45) is 0. The first-order valence-electron chi connectivity index (χ1n) is 8.65. The van der Waals surface area contributed by atoms with Gasteiger partial charge in [-0.2, -0.15) is 0 Å². The standard InChI is InChI=1S/C21H21FN4O/c1-15-24-19(21(27)26(2)14-16-8-4-3-5-9-16)12-20(25-15)23-13-17-10-6-7-11-18(17)22/h3-12H,13-14H2,1-2H3,(H,23,24,25). The first kappa shape index (κ1) is 18.5. The first-order valence-corrected chi connectivity index (χ1v) is 8.65. The van der Waals surface area contributed by atoms with Crippen molar-refractivity contribution in [2.45, 2.75) is 20.0 Å². The number of aromatic nitrogens is 2. The van der Waals surface area contributed by atoms with Gasteiger partial charge in [0.1, 0.15) is 23.2 Å². The predicted octanol–water partition coefficient (Wildman–Crippen LogP) is 3.81. The van der Waals surface area contributed by atoms with E-state index in [-0.39, 0.29) is 18.3 Å². The van der Waals surface area contributed by atoms with E-state index in [0.717, 1.165) is 5.56 Å². The number of hydrogen-bond acceptors (Lipinski definition) is 4. The number of anilines is 1. The van der Waals surface area contributed by atoms with Gasteiger partial charge in [-0.15, -0.1) is 0 Å². The second-order valence-corrected chi connectivity index (χ2v) is 6.28. The van der Waals surface area contributed by atoms with Crippen LogP contribution in [-0.4, -0.2) is 27.8 Å². The fourth-order valence-corrected chi connectivity index (χ4v) is 2.72. The third-order valence-corrected chi connectivity index (χ3v) is 4.08. The highest BCUT2D eigenvalue weighted by molar-refractivity contribution is 5.92. The van der Waals surface area contributed by atoms with Crippen LogP contribution in [0.4, 0.5) is 10.2 Å². The Morgan fingerprint density at radius 1 is 1.07 bits per heavy atom. The Kier molecular flexibility index (Phi) is 5.76. The van der Waals surface area contributed by atoms with Crippen LogP contribution in [0.15, 0.2) is 60.7 Å². The largest absolute Gasteiger partial charge is 0.366 e. The van der Waals surface area contributed by atoms with Gasteiger partial charge in [0, 0.05) is 31.8 Å². The molecule has 27 heavy (non-hydrogen) atoms. The van der Waals surface area contributed by atoms with Crippen LogP contribution in [0.3, 0.4) is 0 Å². The van der Waals surface area contributed by atoms with Gasteiger partial charge in [0.2, 0.25) is 0 Å². The van der Waals surface area contributed by atoms with E-state index in [0.29, 0.717) is 29.4 Å². The Balaban J connectivity index is 1.72. The third-order valence-electron chi connectivity index (χ3n) is 4.08. The highest BCUT2D eigenvalue weighted by atomic mass is 19.1. The number of carbonyl (C=O) groups excluding carboxylic acids is 1. The molecule has 0 unspecified atom stereocenters. The fraction of sp³-hybridized carbons (Fsp3) is 0.190. The number of nitrogens with zero attached hydrogens (tertiary/aromatic N) is 3. The molecule has 138 valence electrons. The van der Waals surface area contributed by atoms with Crippen LogP contribution in [-0.2, 0) is 13.1 Å². The maximum Gasteiger partial charge on any atom is 0.272 e. The number of carbonyl (C=O) groups is 1. The van der Waals surface area contributed by atoms with Crippen molar-refractivity contribution in [3.05, 3.63) is 89.1 Å². The van der Waals surface area contributed by atoms with Gasteiger partial charge in [-0.1, -0.05) is 48.5 Å². The minimum atomic E-state index is -0.283. The average Bonchev–Trinajstić information content (AvgIpc) is 2.67. The summed E-state index contributed by atoms with van der Waals surface area (Å²) in [5.41, 5.74) is 1.87. The summed E-state index contributed by atoms with van der Waals surface area (Å²) < 4.78 is 13.8. The lowest BCUT2D eigenvalue weighted by molar-refractivity contribution is 0.0779. The molecule has 6 heteroatoms. The topological polar surface area (TPSA) is 58.1 Å². The lowest BCUT2D eigenvalue weighted by Gasteiger charge is -2.17. The Hall–Kier alpha value is -3.28. The first-order chi connectivity index (χ1) is 13.0. The summed E-state index contributed by atoms with van der Waals surface area (Å²) in [5.74, 6) is 0.486. The molecule has 0 aliphatic rings. The second-order valence-electron chi connectivity index (χ2n) is 6.28. The lowest BCUT2D eigenvalue weighted by Crippen LogP contribution is -2.27. The van der Waals surface area contributed by atoms with Crippen LogP contribution in [0.2, 0.25) is 0 Å². The Bertz CT molecular complexity index is 930. The summed E-state index contributed by atoms with van der Waals surface area (Å²) in [6.45, 7) is 2.49. The number of rotatable bonds is 6. The van der Waals surface area contributed by atoms with Crippen LogP contribution < -0.4 is 5.32 Å². The molecule has 3 rings (SSSR count). The molecule has 0 aliphatic carbocycles. The molecule has 0 saturated heterocycles. The lowest BCUT2D eigenvalue weighted by atomic mass is 10.2. The van der Waals surface area contributed by atoms with Crippen molar-refractivity contribution in [3.63, 3.8) is 0 Å². The molecule has 1 aromatic heterocycles. The molecule has 0 spiro atoms. The summed E-state index contributed by atoms with van der Waals surface area (Å²) in [7, 11) is 1.74. The van der Waals surface area contributed by atoms with E-state index in [4.69, 9.17) is 0 Å². The number of hydrogen-bond donors (Lipinski definition) is 1. The smallest absolute Gasteiger partial charge is 0.272 e. The molecule has 2 aromatic carbocycles. The van der Waals surface area contributed by atoms with Gasteiger partial charge in [0.05, 0.1) is 0 Å². The fourth-order valence-electron chi connectivity index (χ4n) is 2.72. The maximum absolute atomic E-state index is 13.8. The maximum atomic E-state index is 13.8. The third kappa shape index (κ3) is 4.88. The molecule has 0 atom stereocenters. The zero-order valence-corrected chi connectivity index (χ0v) is 15.3. The molecular formula is C21H21FN4O. The SMILES string of the molecule is Cc1nc(NCc2ccccc2F)cc(C(=O)N(C)Cc2ccccc2)n1. The molecule has 0 bridgehead atoms. The quantitative estimate of drug-likeness (QED) is 0.723. The summed E-state index contributed by atoms with van der Waals surface area (Å²) in [5, 5.41) is 3.06. The number of benzene rings is 2. The van der Waals surface area contributed by atoms with E-state index in [9.17, 15) is 9.18 Å². The van der Waals surface area contributed by atoms with Crippen molar-refractivity contribution in [1.82, 2.24) is 14.9 Å². The van der Waals surface area contributed by atoms with E-state index in [2.05, 4.69) is 15.3 Å². The zero-order chi connectivity index (χ0) is 19.2. The van der Waals surface area contributed by atoms with Crippen LogP contribution >= 0.6 is 0 Å². The molecule has 0 aliphatic heterocycles. The summed E-state index contributed by atoms with van der Waals surface area (Å²) in [6, 6.07) is 17.9. The van der Waals surface area contributed by atoms with Crippen molar-refractivity contribution in [1.29, 1.82) is 0 Å². The van der Waals surface area contributed by atoms with E-state index < -0.39 is 0 Å².